The number of hydrogen-bond donors (Lipinski definition) is 2. The Bertz CT molecular complexity index is 575. The maximum atomic E-state index is 12.5. The van der Waals surface area contributed by atoms with Crippen LogP contribution >= 0.6 is 11.3 Å². The lowest BCUT2D eigenvalue weighted by Crippen LogP contribution is -2.46. The first-order valence-electron chi connectivity index (χ1n) is 7.38. The van der Waals surface area contributed by atoms with E-state index in [0.29, 0.717) is 25.6 Å². The van der Waals surface area contributed by atoms with Crippen molar-refractivity contribution in [3.63, 3.8) is 0 Å². The summed E-state index contributed by atoms with van der Waals surface area (Å²) in [5, 5.41) is 0. The van der Waals surface area contributed by atoms with Crippen molar-refractivity contribution in [2.45, 2.75) is 39.7 Å². The Labute approximate surface area is 131 Å². The fraction of sp³-hybridized carbons (Fsp3) is 0.714. The molecule has 1 saturated heterocycles. The van der Waals surface area contributed by atoms with Gasteiger partial charge in [0.2, 0.25) is 0 Å². The molecule has 7 heteroatoms. The lowest BCUT2D eigenvalue weighted by Gasteiger charge is -2.31. The van der Waals surface area contributed by atoms with Crippen molar-refractivity contribution >= 4 is 21.5 Å². The highest BCUT2D eigenvalue weighted by Gasteiger charge is 2.29. The molecule has 3 N–H and O–H groups in total. The monoisotopic (exact) mass is 331 g/mol. The SMILES string of the molecule is Cc1cc(C(C)NS(=O)(=O)N2CCC(CN)CC2)c(C)s1. The molecule has 0 aliphatic carbocycles. The molecule has 2 heterocycles. The summed E-state index contributed by atoms with van der Waals surface area (Å²) < 4.78 is 29.3. The number of nitrogens with one attached hydrogen (secondary N) is 1. The van der Waals surface area contributed by atoms with Crippen LogP contribution in [0.4, 0.5) is 0 Å². The fourth-order valence-corrected chi connectivity index (χ4v) is 5.26. The lowest BCUT2D eigenvalue weighted by atomic mass is 9.99. The van der Waals surface area contributed by atoms with Crippen LogP contribution in [0.2, 0.25) is 0 Å². The maximum absolute atomic E-state index is 12.5. The Morgan fingerprint density at radius 2 is 2.05 bits per heavy atom. The van der Waals surface area contributed by atoms with Crippen molar-refractivity contribution in [2.75, 3.05) is 19.6 Å². The third-order valence-electron chi connectivity index (χ3n) is 4.12. The van der Waals surface area contributed by atoms with Crippen molar-refractivity contribution in [1.29, 1.82) is 0 Å². The van der Waals surface area contributed by atoms with Gasteiger partial charge in [0, 0.05) is 28.9 Å². The molecule has 1 aromatic heterocycles. The van der Waals surface area contributed by atoms with Gasteiger partial charge in [0.25, 0.3) is 10.2 Å². The Morgan fingerprint density at radius 1 is 1.43 bits per heavy atom. The Balaban J connectivity index is 2.02. The number of hydrogen-bond acceptors (Lipinski definition) is 4. The average molecular weight is 332 g/mol. The van der Waals surface area contributed by atoms with Crippen LogP contribution in [0.15, 0.2) is 6.07 Å². The van der Waals surface area contributed by atoms with Gasteiger partial charge >= 0.3 is 0 Å². The molecule has 1 aliphatic heterocycles. The molecule has 1 unspecified atom stereocenters. The zero-order valence-corrected chi connectivity index (χ0v) is 14.6. The molecule has 0 aromatic carbocycles. The van der Waals surface area contributed by atoms with Crippen LogP contribution in [0.5, 0.6) is 0 Å². The Morgan fingerprint density at radius 3 is 2.52 bits per heavy atom. The summed E-state index contributed by atoms with van der Waals surface area (Å²) in [4.78, 5) is 2.38. The van der Waals surface area contributed by atoms with Crippen molar-refractivity contribution < 1.29 is 8.42 Å². The Kier molecular flexibility index (Phi) is 5.43. The summed E-state index contributed by atoms with van der Waals surface area (Å²) in [6.07, 6.45) is 1.70. The van der Waals surface area contributed by atoms with Crippen molar-refractivity contribution in [1.82, 2.24) is 9.03 Å². The highest BCUT2D eigenvalue weighted by Crippen LogP contribution is 2.27. The molecule has 5 nitrogen and oxygen atoms in total. The molecule has 0 saturated carbocycles. The lowest BCUT2D eigenvalue weighted by molar-refractivity contribution is 0.274. The van der Waals surface area contributed by atoms with Crippen LogP contribution in [0, 0.1) is 19.8 Å². The first-order chi connectivity index (χ1) is 9.83. The van der Waals surface area contributed by atoms with Crippen LogP contribution in [0.25, 0.3) is 0 Å². The van der Waals surface area contributed by atoms with E-state index < -0.39 is 10.2 Å². The minimum absolute atomic E-state index is 0.202. The molecule has 1 aliphatic rings. The average Bonchev–Trinajstić information content (AvgIpc) is 2.77. The van der Waals surface area contributed by atoms with Crippen LogP contribution in [-0.4, -0.2) is 32.4 Å². The van der Waals surface area contributed by atoms with E-state index in [2.05, 4.69) is 10.8 Å². The van der Waals surface area contributed by atoms with Gasteiger partial charge in [-0.15, -0.1) is 11.3 Å². The summed E-state index contributed by atoms with van der Waals surface area (Å²) in [6, 6.07) is 1.86. The van der Waals surface area contributed by atoms with Crippen molar-refractivity contribution in [3.8, 4) is 0 Å². The van der Waals surface area contributed by atoms with E-state index in [1.807, 2.05) is 20.8 Å². The van der Waals surface area contributed by atoms with E-state index in [-0.39, 0.29) is 6.04 Å². The number of rotatable bonds is 5. The second kappa shape index (κ2) is 6.75. The van der Waals surface area contributed by atoms with E-state index in [0.717, 1.165) is 18.4 Å². The summed E-state index contributed by atoms with van der Waals surface area (Å²) in [5.41, 5.74) is 6.72. The van der Waals surface area contributed by atoms with Gasteiger partial charge in [-0.25, -0.2) is 0 Å². The molecule has 0 radical (unpaired) electrons. The van der Waals surface area contributed by atoms with E-state index in [1.54, 1.807) is 15.6 Å². The minimum Gasteiger partial charge on any atom is -0.330 e. The zero-order valence-electron chi connectivity index (χ0n) is 12.9. The van der Waals surface area contributed by atoms with Crippen LogP contribution in [0.1, 0.15) is 41.1 Å². The number of nitrogens with zero attached hydrogens (tertiary/aromatic N) is 1. The largest absolute Gasteiger partial charge is 0.330 e. The smallest absolute Gasteiger partial charge is 0.279 e. The van der Waals surface area contributed by atoms with Crippen LogP contribution < -0.4 is 10.5 Å². The molecule has 21 heavy (non-hydrogen) atoms. The van der Waals surface area contributed by atoms with E-state index in [1.165, 1.54) is 9.75 Å². The third-order valence-corrected chi connectivity index (χ3v) is 6.80. The minimum atomic E-state index is -3.42. The van der Waals surface area contributed by atoms with E-state index in [4.69, 9.17) is 5.73 Å². The molecule has 0 amide bonds. The normalized spacial score (nSPS) is 19.8. The first kappa shape index (κ1) is 16.9. The number of thiophene rings is 1. The van der Waals surface area contributed by atoms with Crippen LogP contribution in [-0.2, 0) is 10.2 Å². The van der Waals surface area contributed by atoms with Gasteiger partial charge < -0.3 is 5.73 Å². The molecule has 120 valence electrons. The second-order valence-electron chi connectivity index (χ2n) is 5.79. The predicted octanol–water partition coefficient (Wildman–Crippen LogP) is 1.93. The van der Waals surface area contributed by atoms with E-state index >= 15 is 0 Å². The molecule has 1 aromatic rings. The standard InChI is InChI=1S/C14H25N3O2S2/c1-10-8-14(12(3)20-10)11(2)16-21(18,19)17-6-4-13(9-15)5-7-17/h8,11,13,16H,4-7,9,15H2,1-3H3. The Hall–Kier alpha value is -0.470. The van der Waals surface area contributed by atoms with Gasteiger partial charge in [0.05, 0.1) is 0 Å². The third kappa shape index (κ3) is 4.04. The van der Waals surface area contributed by atoms with Crippen LogP contribution in [0.3, 0.4) is 0 Å². The zero-order chi connectivity index (χ0) is 15.6. The van der Waals surface area contributed by atoms with Gasteiger partial charge in [-0.3, -0.25) is 0 Å². The highest BCUT2D eigenvalue weighted by atomic mass is 32.2. The molecule has 1 atom stereocenters. The molecule has 0 bridgehead atoms. The number of nitrogens with two attached hydrogens (primary N) is 1. The summed E-state index contributed by atoms with van der Waals surface area (Å²) in [7, 11) is -3.42. The number of aryl methyl sites for hydroxylation is 2. The highest BCUT2D eigenvalue weighted by molar-refractivity contribution is 7.87. The fourth-order valence-electron chi connectivity index (χ4n) is 2.83. The van der Waals surface area contributed by atoms with E-state index in [9.17, 15) is 8.42 Å². The molecular weight excluding hydrogens is 306 g/mol. The predicted molar refractivity (Wildman–Crippen MR) is 87.6 cm³/mol. The summed E-state index contributed by atoms with van der Waals surface area (Å²) in [6.45, 7) is 7.74. The topological polar surface area (TPSA) is 75.4 Å². The molecule has 2 rings (SSSR count). The molecule has 0 spiro atoms. The van der Waals surface area contributed by atoms with Crippen molar-refractivity contribution in [2.24, 2.45) is 11.7 Å². The summed E-state index contributed by atoms with van der Waals surface area (Å²) in [5.74, 6) is 0.454. The quantitative estimate of drug-likeness (QED) is 0.865. The first-order valence-corrected chi connectivity index (χ1v) is 9.63. The summed E-state index contributed by atoms with van der Waals surface area (Å²) >= 11 is 1.70. The van der Waals surface area contributed by atoms with Gasteiger partial charge in [-0.1, -0.05) is 0 Å². The molecule has 1 fully saturated rings. The van der Waals surface area contributed by atoms with Gasteiger partial charge in [-0.2, -0.15) is 17.4 Å². The van der Waals surface area contributed by atoms with Gasteiger partial charge in [-0.05, 0) is 57.7 Å². The van der Waals surface area contributed by atoms with Gasteiger partial charge in [0.1, 0.15) is 0 Å². The number of piperidine rings is 1. The maximum Gasteiger partial charge on any atom is 0.279 e. The van der Waals surface area contributed by atoms with Gasteiger partial charge in [0.15, 0.2) is 0 Å². The van der Waals surface area contributed by atoms with Crippen molar-refractivity contribution in [3.05, 3.63) is 21.4 Å². The second-order valence-corrected chi connectivity index (χ2v) is 8.95. The molecular formula is C14H25N3O2S2.